The van der Waals surface area contributed by atoms with Crippen LogP contribution in [0.25, 0.3) is 0 Å². The monoisotopic (exact) mass is 309 g/mol. The van der Waals surface area contributed by atoms with Gasteiger partial charge in [0.2, 0.25) is 5.91 Å². The largest absolute Gasteiger partial charge is 0.481 e. The lowest BCUT2D eigenvalue weighted by molar-refractivity contribution is -0.136. The molecular formula is C15H19NO4S. The van der Waals surface area contributed by atoms with Crippen LogP contribution in [0.3, 0.4) is 0 Å². The minimum absolute atomic E-state index is 0.0603. The number of carbonyl (C=O) groups is 2. The predicted molar refractivity (Wildman–Crippen MR) is 79.5 cm³/mol. The van der Waals surface area contributed by atoms with Crippen molar-refractivity contribution in [1.29, 1.82) is 0 Å². The van der Waals surface area contributed by atoms with Crippen LogP contribution in [0.15, 0.2) is 29.2 Å². The summed E-state index contributed by atoms with van der Waals surface area (Å²) in [5.74, 6) is -0.970. The van der Waals surface area contributed by atoms with Crippen LogP contribution in [0.4, 0.5) is 0 Å². The fourth-order valence-corrected chi connectivity index (χ4v) is 3.55. The van der Waals surface area contributed by atoms with Crippen LogP contribution < -0.4 is 0 Å². The van der Waals surface area contributed by atoms with Crippen molar-refractivity contribution in [3.63, 3.8) is 0 Å². The Kier molecular flexibility index (Phi) is 5.12. The van der Waals surface area contributed by atoms with Gasteiger partial charge in [-0.3, -0.25) is 13.8 Å². The highest BCUT2D eigenvalue weighted by Crippen LogP contribution is 2.17. The number of hydrogen-bond acceptors (Lipinski definition) is 3. The number of carbonyl (C=O) groups excluding carboxylic acids is 1. The molecule has 1 N–H and O–H groups in total. The Labute approximate surface area is 126 Å². The van der Waals surface area contributed by atoms with E-state index in [1.54, 1.807) is 36.1 Å². The van der Waals surface area contributed by atoms with Gasteiger partial charge < -0.3 is 10.0 Å². The first-order valence-electron chi connectivity index (χ1n) is 6.99. The SMILES string of the molecule is CC(C(=O)N1CCCC1)S(=O)c1ccc(CC(=O)O)cc1. The fraction of sp³-hybridized carbons (Fsp3) is 0.467. The van der Waals surface area contributed by atoms with Gasteiger partial charge in [-0.25, -0.2) is 0 Å². The Hall–Kier alpha value is -1.69. The van der Waals surface area contributed by atoms with Crippen LogP contribution >= 0.6 is 0 Å². The maximum Gasteiger partial charge on any atom is 0.307 e. The molecule has 2 rings (SSSR count). The smallest absolute Gasteiger partial charge is 0.307 e. The third-order valence-electron chi connectivity index (χ3n) is 3.60. The van der Waals surface area contributed by atoms with E-state index in [4.69, 9.17) is 5.11 Å². The summed E-state index contributed by atoms with van der Waals surface area (Å²) in [6.45, 7) is 3.18. The van der Waals surface area contributed by atoms with E-state index in [-0.39, 0.29) is 12.3 Å². The number of amides is 1. The molecule has 1 heterocycles. The number of hydrogen-bond donors (Lipinski definition) is 1. The van der Waals surface area contributed by atoms with Crippen LogP contribution in [-0.2, 0) is 26.8 Å². The zero-order chi connectivity index (χ0) is 15.4. The molecule has 21 heavy (non-hydrogen) atoms. The molecule has 0 bridgehead atoms. The Morgan fingerprint density at radius 2 is 1.81 bits per heavy atom. The molecule has 5 nitrogen and oxygen atoms in total. The van der Waals surface area contributed by atoms with Gasteiger partial charge in [0.05, 0.1) is 17.2 Å². The van der Waals surface area contributed by atoms with E-state index in [2.05, 4.69) is 0 Å². The van der Waals surface area contributed by atoms with Crippen molar-refractivity contribution in [2.75, 3.05) is 13.1 Å². The van der Waals surface area contributed by atoms with Gasteiger partial charge in [0.15, 0.2) is 0 Å². The number of carboxylic acids is 1. The number of likely N-dealkylation sites (tertiary alicyclic amines) is 1. The molecule has 0 saturated carbocycles. The van der Waals surface area contributed by atoms with E-state index >= 15 is 0 Å². The first-order chi connectivity index (χ1) is 9.99. The van der Waals surface area contributed by atoms with Crippen molar-refractivity contribution in [2.24, 2.45) is 0 Å². The van der Waals surface area contributed by atoms with Crippen molar-refractivity contribution in [1.82, 2.24) is 4.90 Å². The van der Waals surface area contributed by atoms with Gasteiger partial charge in [-0.2, -0.15) is 0 Å². The fourth-order valence-electron chi connectivity index (χ4n) is 2.41. The molecule has 1 amide bonds. The molecule has 0 aromatic heterocycles. The Bertz CT molecular complexity index is 549. The number of benzene rings is 1. The lowest BCUT2D eigenvalue weighted by Crippen LogP contribution is -2.37. The first kappa shape index (κ1) is 15.7. The minimum Gasteiger partial charge on any atom is -0.481 e. The van der Waals surface area contributed by atoms with Gasteiger partial charge in [-0.1, -0.05) is 12.1 Å². The van der Waals surface area contributed by atoms with Crippen LogP contribution in [0.5, 0.6) is 0 Å². The van der Waals surface area contributed by atoms with E-state index in [1.807, 2.05) is 0 Å². The highest BCUT2D eigenvalue weighted by Gasteiger charge is 2.27. The molecule has 1 aromatic carbocycles. The topological polar surface area (TPSA) is 74.7 Å². The van der Waals surface area contributed by atoms with E-state index in [1.165, 1.54) is 0 Å². The predicted octanol–water partition coefficient (Wildman–Crippen LogP) is 1.43. The highest BCUT2D eigenvalue weighted by atomic mass is 32.2. The molecule has 2 atom stereocenters. The molecule has 1 aliphatic heterocycles. The molecular weight excluding hydrogens is 290 g/mol. The normalized spacial score (nSPS) is 17.5. The van der Waals surface area contributed by atoms with E-state index in [0.29, 0.717) is 10.5 Å². The number of nitrogens with zero attached hydrogens (tertiary/aromatic N) is 1. The maximum absolute atomic E-state index is 12.4. The van der Waals surface area contributed by atoms with Crippen LogP contribution in [0.1, 0.15) is 25.3 Å². The van der Waals surface area contributed by atoms with E-state index in [0.717, 1.165) is 25.9 Å². The summed E-state index contributed by atoms with van der Waals surface area (Å²) in [6.07, 6.45) is 1.96. The van der Waals surface area contributed by atoms with Crippen molar-refractivity contribution in [3.05, 3.63) is 29.8 Å². The highest BCUT2D eigenvalue weighted by molar-refractivity contribution is 7.86. The zero-order valence-corrected chi connectivity index (χ0v) is 12.8. The van der Waals surface area contributed by atoms with Gasteiger partial charge in [0, 0.05) is 18.0 Å². The molecule has 1 saturated heterocycles. The third kappa shape index (κ3) is 3.91. The maximum atomic E-state index is 12.4. The zero-order valence-electron chi connectivity index (χ0n) is 11.9. The van der Waals surface area contributed by atoms with E-state index in [9.17, 15) is 13.8 Å². The van der Waals surface area contributed by atoms with Crippen LogP contribution in [0.2, 0.25) is 0 Å². The van der Waals surface area contributed by atoms with Crippen LogP contribution in [0, 0.1) is 0 Å². The van der Waals surface area contributed by atoms with Gasteiger partial charge in [-0.05, 0) is 37.5 Å². The summed E-state index contributed by atoms with van der Waals surface area (Å²) < 4.78 is 12.4. The summed E-state index contributed by atoms with van der Waals surface area (Å²) in [5, 5.41) is 8.14. The van der Waals surface area contributed by atoms with E-state index < -0.39 is 22.0 Å². The number of rotatable bonds is 5. The van der Waals surface area contributed by atoms with Gasteiger partial charge in [0.1, 0.15) is 5.25 Å². The summed E-state index contributed by atoms with van der Waals surface area (Å²) in [5.41, 5.74) is 0.654. The molecule has 0 spiro atoms. The average molecular weight is 309 g/mol. The van der Waals surface area contributed by atoms with Crippen molar-refractivity contribution in [3.8, 4) is 0 Å². The molecule has 114 valence electrons. The Balaban J connectivity index is 2.04. The van der Waals surface area contributed by atoms with Crippen LogP contribution in [-0.4, -0.2) is 44.4 Å². The first-order valence-corrected chi connectivity index (χ1v) is 8.20. The second kappa shape index (κ2) is 6.85. The Morgan fingerprint density at radius 1 is 1.24 bits per heavy atom. The van der Waals surface area contributed by atoms with Gasteiger partial charge >= 0.3 is 5.97 Å². The van der Waals surface area contributed by atoms with Crippen molar-refractivity contribution >= 4 is 22.7 Å². The molecule has 0 aliphatic carbocycles. The average Bonchev–Trinajstić information content (AvgIpc) is 2.99. The van der Waals surface area contributed by atoms with Gasteiger partial charge in [0.25, 0.3) is 0 Å². The van der Waals surface area contributed by atoms with Crippen molar-refractivity contribution in [2.45, 2.75) is 36.3 Å². The molecule has 1 fully saturated rings. The second-order valence-electron chi connectivity index (χ2n) is 5.19. The van der Waals surface area contributed by atoms with Gasteiger partial charge in [-0.15, -0.1) is 0 Å². The third-order valence-corrected chi connectivity index (χ3v) is 5.18. The number of carboxylic acid groups (broad SMARTS) is 1. The quantitative estimate of drug-likeness (QED) is 0.893. The molecule has 0 radical (unpaired) electrons. The molecule has 6 heteroatoms. The van der Waals surface area contributed by atoms with Crippen molar-refractivity contribution < 1.29 is 18.9 Å². The minimum atomic E-state index is -1.41. The Morgan fingerprint density at radius 3 is 2.33 bits per heavy atom. The molecule has 2 unspecified atom stereocenters. The summed E-state index contributed by atoms with van der Waals surface area (Å²) in [4.78, 5) is 25.2. The summed E-state index contributed by atoms with van der Waals surface area (Å²) in [7, 11) is -1.41. The summed E-state index contributed by atoms with van der Waals surface area (Å²) >= 11 is 0. The molecule has 1 aromatic rings. The lowest BCUT2D eigenvalue weighted by Gasteiger charge is -2.20. The standard InChI is InChI=1S/C15H19NO4S/c1-11(15(19)16-8-2-3-9-16)21(20)13-6-4-12(5-7-13)10-14(17)18/h4-7,11H,2-3,8-10H2,1H3,(H,17,18). The lowest BCUT2D eigenvalue weighted by atomic mass is 10.2. The molecule has 1 aliphatic rings. The second-order valence-corrected chi connectivity index (χ2v) is 6.96. The number of aliphatic carboxylic acids is 1. The summed E-state index contributed by atoms with van der Waals surface area (Å²) in [6, 6.07) is 6.58.